The van der Waals surface area contributed by atoms with Crippen LogP contribution in [0.5, 0.6) is 0 Å². The number of aliphatic carboxylic acids is 1. The zero-order valence-corrected chi connectivity index (χ0v) is 7.30. The molecule has 0 amide bonds. The summed E-state index contributed by atoms with van der Waals surface area (Å²) in [6, 6.07) is -0.715. The number of hydrogen-bond acceptors (Lipinski definition) is 3. The number of thioether (sulfide) groups is 1. The van der Waals surface area contributed by atoms with Gasteiger partial charge in [-0.1, -0.05) is 6.08 Å². The van der Waals surface area contributed by atoms with Crippen LogP contribution in [0.1, 0.15) is 13.3 Å². The van der Waals surface area contributed by atoms with E-state index in [9.17, 15) is 4.79 Å². The zero-order valence-electron chi connectivity index (χ0n) is 6.49. The molecule has 0 aliphatic heterocycles. The minimum absolute atomic E-state index is 0.518. The Hall–Kier alpha value is -0.480. The van der Waals surface area contributed by atoms with E-state index < -0.39 is 12.0 Å². The van der Waals surface area contributed by atoms with Crippen LogP contribution in [0.25, 0.3) is 0 Å². The van der Waals surface area contributed by atoms with Gasteiger partial charge in [0.1, 0.15) is 6.04 Å². The molecule has 11 heavy (non-hydrogen) atoms. The lowest BCUT2D eigenvalue weighted by Gasteiger charge is -2.02. The van der Waals surface area contributed by atoms with E-state index in [2.05, 4.69) is 0 Å². The predicted octanol–water partition coefficient (Wildman–Crippen LogP) is 1.06. The molecule has 64 valence electrons. The van der Waals surface area contributed by atoms with Crippen molar-refractivity contribution in [3.05, 3.63) is 11.5 Å². The standard InChI is InChI=1S/C7H13NO2S/c1-2-4-11-5-3-6(8)7(9)10/h2,4,6H,3,5,8H2,1H3,(H,9,10). The maximum absolute atomic E-state index is 10.2. The molecular weight excluding hydrogens is 162 g/mol. The molecule has 0 radical (unpaired) electrons. The van der Waals surface area contributed by atoms with Crippen LogP contribution in [0.15, 0.2) is 11.5 Å². The van der Waals surface area contributed by atoms with Crippen LogP contribution in [0.4, 0.5) is 0 Å². The van der Waals surface area contributed by atoms with Crippen LogP contribution in [0, 0.1) is 0 Å². The van der Waals surface area contributed by atoms with Gasteiger partial charge in [0.2, 0.25) is 0 Å². The van der Waals surface area contributed by atoms with E-state index in [1.165, 1.54) is 0 Å². The van der Waals surface area contributed by atoms with Crippen LogP contribution in [-0.2, 0) is 4.79 Å². The SMILES string of the molecule is CC=CSCCC(N)C(=O)O. The Kier molecular flexibility index (Phi) is 5.97. The minimum atomic E-state index is -0.925. The second-order valence-electron chi connectivity index (χ2n) is 2.07. The van der Waals surface area contributed by atoms with Gasteiger partial charge in [0.15, 0.2) is 0 Å². The van der Waals surface area contributed by atoms with Crippen molar-refractivity contribution in [2.45, 2.75) is 19.4 Å². The highest BCUT2D eigenvalue weighted by atomic mass is 32.2. The van der Waals surface area contributed by atoms with Crippen LogP contribution in [0.3, 0.4) is 0 Å². The van der Waals surface area contributed by atoms with Crippen LogP contribution < -0.4 is 5.73 Å². The molecule has 1 unspecified atom stereocenters. The third-order valence-corrected chi connectivity index (χ3v) is 2.03. The van der Waals surface area contributed by atoms with E-state index in [1.807, 2.05) is 18.4 Å². The summed E-state index contributed by atoms with van der Waals surface area (Å²) < 4.78 is 0. The fraction of sp³-hybridized carbons (Fsp3) is 0.571. The summed E-state index contributed by atoms with van der Waals surface area (Å²) in [4.78, 5) is 10.2. The van der Waals surface area contributed by atoms with Gasteiger partial charge in [-0.05, 0) is 24.5 Å². The molecule has 0 aromatic heterocycles. The number of allylic oxidation sites excluding steroid dienone is 1. The first-order valence-corrected chi connectivity index (χ1v) is 4.44. The van der Waals surface area contributed by atoms with Gasteiger partial charge in [0.25, 0.3) is 0 Å². The van der Waals surface area contributed by atoms with Crippen LogP contribution in [0.2, 0.25) is 0 Å². The molecule has 0 heterocycles. The third kappa shape index (κ3) is 5.94. The van der Waals surface area contributed by atoms with Gasteiger partial charge in [-0.2, -0.15) is 0 Å². The van der Waals surface area contributed by atoms with Gasteiger partial charge in [-0.15, -0.1) is 11.8 Å². The first kappa shape index (κ1) is 10.5. The van der Waals surface area contributed by atoms with Crippen LogP contribution in [-0.4, -0.2) is 22.9 Å². The maximum Gasteiger partial charge on any atom is 0.320 e. The van der Waals surface area contributed by atoms with Gasteiger partial charge < -0.3 is 10.8 Å². The number of rotatable bonds is 5. The van der Waals surface area contributed by atoms with E-state index in [0.29, 0.717) is 6.42 Å². The molecular formula is C7H13NO2S. The van der Waals surface area contributed by atoms with Crippen molar-refractivity contribution < 1.29 is 9.90 Å². The summed E-state index contributed by atoms with van der Waals surface area (Å²) >= 11 is 1.58. The summed E-state index contributed by atoms with van der Waals surface area (Å²) in [5.74, 6) is -0.163. The molecule has 0 aromatic rings. The molecule has 0 aliphatic carbocycles. The van der Waals surface area contributed by atoms with Crippen molar-refractivity contribution in [1.29, 1.82) is 0 Å². The Morgan fingerprint density at radius 2 is 2.45 bits per heavy atom. The topological polar surface area (TPSA) is 63.3 Å². The Balaban J connectivity index is 3.31. The molecule has 0 aromatic carbocycles. The van der Waals surface area contributed by atoms with E-state index >= 15 is 0 Å². The number of carbonyl (C=O) groups is 1. The van der Waals surface area contributed by atoms with Gasteiger partial charge in [-0.3, -0.25) is 4.79 Å². The van der Waals surface area contributed by atoms with Crippen molar-refractivity contribution in [1.82, 2.24) is 0 Å². The van der Waals surface area contributed by atoms with Crippen molar-refractivity contribution in [3.63, 3.8) is 0 Å². The molecule has 0 rings (SSSR count). The van der Waals surface area contributed by atoms with Gasteiger partial charge in [0.05, 0.1) is 0 Å². The quantitative estimate of drug-likeness (QED) is 0.613. The highest BCUT2D eigenvalue weighted by Crippen LogP contribution is 2.05. The van der Waals surface area contributed by atoms with E-state index in [1.54, 1.807) is 11.8 Å². The Bertz CT molecular complexity index is 147. The molecule has 1 atom stereocenters. The average molecular weight is 175 g/mol. The largest absolute Gasteiger partial charge is 0.480 e. The van der Waals surface area contributed by atoms with E-state index in [-0.39, 0.29) is 0 Å². The lowest BCUT2D eigenvalue weighted by molar-refractivity contribution is -0.138. The molecule has 0 bridgehead atoms. The van der Waals surface area contributed by atoms with Gasteiger partial charge in [-0.25, -0.2) is 0 Å². The minimum Gasteiger partial charge on any atom is -0.480 e. The lowest BCUT2D eigenvalue weighted by atomic mass is 10.2. The Morgan fingerprint density at radius 3 is 2.91 bits per heavy atom. The van der Waals surface area contributed by atoms with E-state index in [0.717, 1.165) is 5.75 Å². The van der Waals surface area contributed by atoms with Gasteiger partial charge >= 0.3 is 5.97 Å². The average Bonchev–Trinajstić information content (AvgIpc) is 1.97. The fourth-order valence-electron chi connectivity index (χ4n) is 0.483. The van der Waals surface area contributed by atoms with Crippen molar-refractivity contribution in [2.75, 3.05) is 5.75 Å². The van der Waals surface area contributed by atoms with Crippen LogP contribution >= 0.6 is 11.8 Å². The molecule has 0 saturated carbocycles. The van der Waals surface area contributed by atoms with Crippen molar-refractivity contribution in [3.8, 4) is 0 Å². The highest BCUT2D eigenvalue weighted by Gasteiger charge is 2.09. The molecule has 0 aliphatic rings. The number of carboxylic acids is 1. The molecule has 3 nitrogen and oxygen atoms in total. The van der Waals surface area contributed by atoms with Gasteiger partial charge in [0, 0.05) is 0 Å². The number of hydrogen-bond donors (Lipinski definition) is 2. The summed E-state index contributed by atoms with van der Waals surface area (Å²) in [5, 5.41) is 10.3. The summed E-state index contributed by atoms with van der Waals surface area (Å²) in [6.45, 7) is 1.92. The second kappa shape index (κ2) is 6.24. The first-order chi connectivity index (χ1) is 5.18. The summed E-state index contributed by atoms with van der Waals surface area (Å²) in [6.07, 6.45) is 2.43. The monoisotopic (exact) mass is 175 g/mol. The van der Waals surface area contributed by atoms with Crippen molar-refractivity contribution >= 4 is 17.7 Å². The smallest absolute Gasteiger partial charge is 0.320 e. The zero-order chi connectivity index (χ0) is 8.69. The normalized spacial score (nSPS) is 13.6. The summed E-state index contributed by atoms with van der Waals surface area (Å²) in [5.41, 5.74) is 5.26. The number of carboxylic acid groups (broad SMARTS) is 1. The van der Waals surface area contributed by atoms with E-state index in [4.69, 9.17) is 10.8 Å². The van der Waals surface area contributed by atoms with Crippen molar-refractivity contribution in [2.24, 2.45) is 5.73 Å². The molecule has 4 heteroatoms. The maximum atomic E-state index is 10.2. The summed E-state index contributed by atoms with van der Waals surface area (Å²) in [7, 11) is 0. The third-order valence-electron chi connectivity index (χ3n) is 1.10. The predicted molar refractivity (Wildman–Crippen MR) is 47.5 cm³/mol. The first-order valence-electron chi connectivity index (χ1n) is 3.39. The Morgan fingerprint density at radius 1 is 1.82 bits per heavy atom. The number of nitrogens with two attached hydrogens (primary N) is 1. The molecule has 0 fully saturated rings. The Labute approximate surface area is 70.7 Å². The lowest BCUT2D eigenvalue weighted by Crippen LogP contribution is -2.30. The highest BCUT2D eigenvalue weighted by molar-refractivity contribution is 8.02. The molecule has 0 spiro atoms. The second-order valence-corrected chi connectivity index (χ2v) is 3.09. The fourth-order valence-corrected chi connectivity index (χ4v) is 1.20. The molecule has 0 saturated heterocycles. The molecule has 3 N–H and O–H groups in total.